The highest BCUT2D eigenvalue weighted by atomic mass is 16.5. The first kappa shape index (κ1) is 10.1. The van der Waals surface area contributed by atoms with Gasteiger partial charge in [-0.25, -0.2) is 0 Å². The van der Waals surface area contributed by atoms with Crippen LogP contribution >= 0.6 is 0 Å². The highest BCUT2D eigenvalue weighted by molar-refractivity contribution is 5.77. The summed E-state index contributed by atoms with van der Waals surface area (Å²) in [5.41, 5.74) is 6.65. The Morgan fingerprint density at radius 1 is 1.85 bits per heavy atom. The van der Waals surface area contributed by atoms with E-state index < -0.39 is 6.04 Å². The van der Waals surface area contributed by atoms with Gasteiger partial charge in [-0.3, -0.25) is 4.79 Å². The van der Waals surface area contributed by atoms with Crippen molar-refractivity contribution >= 4 is 5.97 Å². The number of carbonyl (C=O) groups is 1. The topological polar surface area (TPSA) is 64.3 Å². The van der Waals surface area contributed by atoms with Gasteiger partial charge in [0.15, 0.2) is 0 Å². The van der Waals surface area contributed by atoms with Gasteiger partial charge < -0.3 is 15.8 Å². The molecule has 13 heavy (non-hydrogen) atoms. The van der Waals surface area contributed by atoms with E-state index in [-0.39, 0.29) is 5.97 Å². The quantitative estimate of drug-likeness (QED) is 0.612. The van der Waals surface area contributed by atoms with Crippen LogP contribution in [-0.4, -0.2) is 25.2 Å². The van der Waals surface area contributed by atoms with Crippen molar-refractivity contribution in [1.82, 2.24) is 5.32 Å². The average molecular weight is 184 g/mol. The summed E-state index contributed by atoms with van der Waals surface area (Å²) in [7, 11) is 0. The number of allylic oxidation sites excluding steroid dienone is 1. The van der Waals surface area contributed by atoms with Crippen molar-refractivity contribution in [3.8, 4) is 0 Å². The fourth-order valence-electron chi connectivity index (χ4n) is 1.28. The van der Waals surface area contributed by atoms with Crippen molar-refractivity contribution < 1.29 is 9.53 Å². The summed E-state index contributed by atoms with van der Waals surface area (Å²) in [6.07, 6.45) is 3.83. The largest absolute Gasteiger partial charge is 0.465 e. The number of nitrogens with one attached hydrogen (secondary N) is 1. The van der Waals surface area contributed by atoms with Crippen LogP contribution < -0.4 is 11.1 Å². The molecule has 0 bridgehead atoms. The van der Waals surface area contributed by atoms with Crippen LogP contribution in [0.2, 0.25) is 0 Å². The Morgan fingerprint density at radius 2 is 2.62 bits per heavy atom. The van der Waals surface area contributed by atoms with Crippen LogP contribution in [0.4, 0.5) is 0 Å². The van der Waals surface area contributed by atoms with E-state index in [9.17, 15) is 4.79 Å². The van der Waals surface area contributed by atoms with E-state index in [4.69, 9.17) is 10.5 Å². The maximum absolute atomic E-state index is 11.1. The SMILES string of the molecule is CCOC(=O)C(N)C=C1CCCN1. The molecule has 0 spiro atoms. The van der Waals surface area contributed by atoms with Crippen LogP contribution in [0.15, 0.2) is 11.8 Å². The highest BCUT2D eigenvalue weighted by Crippen LogP contribution is 2.09. The predicted molar refractivity (Wildman–Crippen MR) is 49.9 cm³/mol. The third-order valence-electron chi connectivity index (χ3n) is 1.91. The molecule has 4 heteroatoms. The average Bonchev–Trinajstić information content (AvgIpc) is 2.57. The number of carbonyl (C=O) groups excluding carboxylic acids is 1. The van der Waals surface area contributed by atoms with Gasteiger partial charge in [0, 0.05) is 12.2 Å². The number of nitrogens with two attached hydrogens (primary N) is 1. The lowest BCUT2D eigenvalue weighted by molar-refractivity contribution is -0.143. The first-order chi connectivity index (χ1) is 6.24. The molecule has 0 aromatic heterocycles. The van der Waals surface area contributed by atoms with Crippen LogP contribution in [-0.2, 0) is 9.53 Å². The van der Waals surface area contributed by atoms with E-state index in [0.717, 1.165) is 25.1 Å². The number of ether oxygens (including phenoxy) is 1. The smallest absolute Gasteiger partial charge is 0.326 e. The molecule has 1 aliphatic rings. The first-order valence-corrected chi connectivity index (χ1v) is 4.61. The summed E-state index contributed by atoms with van der Waals surface area (Å²) in [6, 6.07) is -0.624. The van der Waals surface area contributed by atoms with Gasteiger partial charge in [-0.2, -0.15) is 0 Å². The molecule has 0 saturated carbocycles. The highest BCUT2D eigenvalue weighted by Gasteiger charge is 2.14. The van der Waals surface area contributed by atoms with Crippen LogP contribution in [0.1, 0.15) is 19.8 Å². The van der Waals surface area contributed by atoms with Crippen molar-refractivity contribution in [3.63, 3.8) is 0 Å². The molecule has 0 aromatic rings. The van der Waals surface area contributed by atoms with Gasteiger partial charge >= 0.3 is 5.97 Å². The Kier molecular flexibility index (Phi) is 3.76. The minimum absolute atomic E-state index is 0.358. The van der Waals surface area contributed by atoms with Gasteiger partial charge in [-0.05, 0) is 25.8 Å². The summed E-state index contributed by atoms with van der Waals surface area (Å²) in [6.45, 7) is 3.12. The molecule has 0 amide bonds. The maximum atomic E-state index is 11.1. The summed E-state index contributed by atoms with van der Waals surface area (Å²) in [4.78, 5) is 11.1. The van der Waals surface area contributed by atoms with Crippen molar-refractivity contribution in [1.29, 1.82) is 0 Å². The van der Waals surface area contributed by atoms with Gasteiger partial charge in [0.05, 0.1) is 6.61 Å². The zero-order valence-corrected chi connectivity index (χ0v) is 7.88. The van der Waals surface area contributed by atoms with Gasteiger partial charge in [0.2, 0.25) is 0 Å². The summed E-state index contributed by atoms with van der Waals surface area (Å²) < 4.78 is 4.78. The molecule has 1 unspecified atom stereocenters. The fourth-order valence-corrected chi connectivity index (χ4v) is 1.28. The minimum Gasteiger partial charge on any atom is -0.465 e. The standard InChI is InChI=1S/C9H16N2O2/c1-2-13-9(12)8(10)6-7-4-3-5-11-7/h6,8,11H,2-5,10H2,1H3. The van der Waals surface area contributed by atoms with Gasteiger partial charge in [-0.15, -0.1) is 0 Å². The molecule has 0 aliphatic carbocycles. The second-order valence-electron chi connectivity index (χ2n) is 3.00. The lowest BCUT2D eigenvalue weighted by atomic mass is 10.2. The molecule has 1 atom stereocenters. The summed E-state index contributed by atoms with van der Waals surface area (Å²) >= 11 is 0. The van der Waals surface area contributed by atoms with Crippen molar-refractivity contribution in [2.45, 2.75) is 25.8 Å². The molecule has 3 N–H and O–H groups in total. The minimum atomic E-state index is -0.624. The Bertz CT molecular complexity index is 206. The van der Waals surface area contributed by atoms with E-state index in [1.807, 2.05) is 0 Å². The van der Waals surface area contributed by atoms with E-state index in [0.29, 0.717) is 6.61 Å². The molecule has 1 heterocycles. The van der Waals surface area contributed by atoms with Crippen LogP contribution in [0.25, 0.3) is 0 Å². The second-order valence-corrected chi connectivity index (χ2v) is 3.00. The van der Waals surface area contributed by atoms with Crippen molar-refractivity contribution in [2.75, 3.05) is 13.2 Å². The fraction of sp³-hybridized carbons (Fsp3) is 0.667. The molecule has 4 nitrogen and oxygen atoms in total. The van der Waals surface area contributed by atoms with Crippen LogP contribution in [0.3, 0.4) is 0 Å². The van der Waals surface area contributed by atoms with Crippen LogP contribution in [0, 0.1) is 0 Å². The van der Waals surface area contributed by atoms with E-state index >= 15 is 0 Å². The Hall–Kier alpha value is -1.03. The van der Waals surface area contributed by atoms with Gasteiger partial charge in [0.25, 0.3) is 0 Å². The predicted octanol–water partition coefficient (Wildman–Crippen LogP) is 0.144. The van der Waals surface area contributed by atoms with Crippen molar-refractivity contribution in [2.24, 2.45) is 5.73 Å². The normalized spacial score (nSPS) is 21.2. The molecule has 0 aromatic carbocycles. The van der Waals surface area contributed by atoms with E-state index in [1.54, 1.807) is 13.0 Å². The zero-order valence-electron chi connectivity index (χ0n) is 7.88. The molecule has 1 aliphatic heterocycles. The summed E-state index contributed by atoms with van der Waals surface area (Å²) in [5, 5.41) is 3.16. The number of hydrogen-bond donors (Lipinski definition) is 2. The monoisotopic (exact) mass is 184 g/mol. The van der Waals surface area contributed by atoms with Gasteiger partial charge in [-0.1, -0.05) is 0 Å². The van der Waals surface area contributed by atoms with Crippen LogP contribution in [0.5, 0.6) is 0 Å². The molecule has 1 fully saturated rings. The van der Waals surface area contributed by atoms with E-state index in [1.165, 1.54) is 0 Å². The molecule has 74 valence electrons. The summed E-state index contributed by atoms with van der Waals surface area (Å²) in [5.74, 6) is -0.358. The first-order valence-electron chi connectivity index (χ1n) is 4.61. The number of rotatable bonds is 3. The maximum Gasteiger partial charge on any atom is 0.326 e. The molecule has 1 saturated heterocycles. The number of esters is 1. The Balaban J connectivity index is 2.42. The van der Waals surface area contributed by atoms with Crippen molar-refractivity contribution in [3.05, 3.63) is 11.8 Å². The lowest BCUT2D eigenvalue weighted by Crippen LogP contribution is -2.31. The zero-order chi connectivity index (χ0) is 9.68. The Labute approximate surface area is 78.1 Å². The molecular weight excluding hydrogens is 168 g/mol. The molecular formula is C9H16N2O2. The third kappa shape index (κ3) is 3.06. The van der Waals surface area contributed by atoms with Gasteiger partial charge in [0.1, 0.15) is 6.04 Å². The second kappa shape index (κ2) is 4.87. The Morgan fingerprint density at radius 3 is 3.15 bits per heavy atom. The molecule has 0 radical (unpaired) electrons. The molecule has 1 rings (SSSR count). The third-order valence-corrected chi connectivity index (χ3v) is 1.91. The van der Waals surface area contributed by atoms with E-state index in [2.05, 4.69) is 5.32 Å². The number of hydrogen-bond acceptors (Lipinski definition) is 4. The lowest BCUT2D eigenvalue weighted by Gasteiger charge is -2.07.